The number of fused-ring (bicyclic) bond motifs is 2. The molecule has 2 atom stereocenters. The molecule has 36 heavy (non-hydrogen) atoms. The third kappa shape index (κ3) is 4.79. The number of hydrogen-bond acceptors (Lipinski definition) is 4. The molecule has 0 fully saturated rings. The summed E-state index contributed by atoms with van der Waals surface area (Å²) in [5.41, 5.74) is 4.12. The van der Waals surface area contributed by atoms with Crippen LogP contribution in [0.15, 0.2) is 54.6 Å². The van der Waals surface area contributed by atoms with Gasteiger partial charge in [-0.2, -0.15) is 13.2 Å². The molecule has 1 heterocycles. The van der Waals surface area contributed by atoms with Crippen LogP contribution >= 0.6 is 0 Å². The Morgan fingerprint density at radius 3 is 2.53 bits per heavy atom. The highest BCUT2D eigenvalue weighted by Crippen LogP contribution is 2.44. The quantitative estimate of drug-likeness (QED) is 0.356. The van der Waals surface area contributed by atoms with Crippen LogP contribution in [0.5, 0.6) is 11.5 Å². The number of hydrogen-bond donors (Lipinski definition) is 0. The summed E-state index contributed by atoms with van der Waals surface area (Å²) in [6, 6.07) is 15.9. The van der Waals surface area contributed by atoms with E-state index in [1.54, 1.807) is 12.1 Å². The lowest BCUT2D eigenvalue weighted by Gasteiger charge is -2.20. The van der Waals surface area contributed by atoms with Crippen LogP contribution in [0.25, 0.3) is 0 Å². The second-order valence-electron chi connectivity index (χ2n) is 9.45. The number of carbonyl (C=O) groups excluding carboxylic acids is 1. The van der Waals surface area contributed by atoms with E-state index < -0.39 is 11.7 Å². The molecule has 1 aliphatic carbocycles. The third-order valence-electron chi connectivity index (χ3n) is 7.06. The summed E-state index contributed by atoms with van der Waals surface area (Å²) in [5, 5.41) is 0. The molecule has 0 bridgehead atoms. The molecule has 0 saturated carbocycles. The van der Waals surface area contributed by atoms with Crippen LogP contribution in [0.2, 0.25) is 0 Å². The predicted molar refractivity (Wildman–Crippen MR) is 128 cm³/mol. The molecule has 4 nitrogen and oxygen atoms in total. The first-order valence-corrected chi connectivity index (χ1v) is 12.0. The third-order valence-corrected chi connectivity index (χ3v) is 7.06. The van der Waals surface area contributed by atoms with E-state index >= 15 is 0 Å². The minimum atomic E-state index is -4.42. The van der Waals surface area contributed by atoms with Gasteiger partial charge in [0.2, 0.25) is 0 Å². The van der Waals surface area contributed by atoms with Crippen molar-refractivity contribution in [2.75, 3.05) is 13.7 Å². The number of methoxy groups -OCH3 is 1. The van der Waals surface area contributed by atoms with Crippen molar-refractivity contribution < 1.29 is 32.2 Å². The maximum absolute atomic E-state index is 13.9. The minimum absolute atomic E-state index is 0.0705. The Bertz CT molecular complexity index is 1280. The second kappa shape index (κ2) is 9.52. The van der Waals surface area contributed by atoms with Crippen molar-refractivity contribution in [3.05, 3.63) is 93.5 Å². The van der Waals surface area contributed by atoms with Gasteiger partial charge < -0.3 is 14.2 Å². The molecule has 1 aliphatic heterocycles. The number of alkyl halides is 3. The van der Waals surface area contributed by atoms with Crippen molar-refractivity contribution in [3.63, 3.8) is 0 Å². The number of rotatable bonds is 6. The highest BCUT2D eigenvalue weighted by molar-refractivity contribution is 5.71. The lowest BCUT2D eigenvalue weighted by Crippen LogP contribution is -2.13. The summed E-state index contributed by atoms with van der Waals surface area (Å²) in [5.74, 6) is 0.884. The topological polar surface area (TPSA) is 44.8 Å². The van der Waals surface area contributed by atoms with E-state index in [2.05, 4.69) is 0 Å². The highest BCUT2D eigenvalue weighted by Gasteiger charge is 2.37. The van der Waals surface area contributed by atoms with Gasteiger partial charge in [-0.25, -0.2) is 0 Å². The van der Waals surface area contributed by atoms with Crippen LogP contribution in [0.1, 0.15) is 63.8 Å². The molecule has 0 amide bonds. The van der Waals surface area contributed by atoms with Gasteiger partial charge in [-0.3, -0.25) is 4.79 Å². The van der Waals surface area contributed by atoms with E-state index in [9.17, 15) is 18.0 Å². The Labute approximate surface area is 208 Å². The molecular weight excluding hydrogens is 469 g/mol. The van der Waals surface area contributed by atoms with Gasteiger partial charge in [0.25, 0.3) is 0 Å². The van der Waals surface area contributed by atoms with Crippen molar-refractivity contribution in [2.45, 2.75) is 50.8 Å². The van der Waals surface area contributed by atoms with Gasteiger partial charge in [0.05, 0.1) is 25.7 Å². The first-order chi connectivity index (χ1) is 17.2. The largest absolute Gasteiger partial charge is 0.492 e. The monoisotopic (exact) mass is 496 g/mol. The number of benzene rings is 3. The van der Waals surface area contributed by atoms with Gasteiger partial charge in [-0.15, -0.1) is 0 Å². The average molecular weight is 497 g/mol. The van der Waals surface area contributed by atoms with Crippen molar-refractivity contribution in [1.29, 1.82) is 0 Å². The number of ether oxygens (including phenoxy) is 3. The van der Waals surface area contributed by atoms with Gasteiger partial charge in [-0.05, 0) is 60.6 Å². The molecule has 0 radical (unpaired) electrons. The van der Waals surface area contributed by atoms with E-state index in [1.165, 1.54) is 13.2 Å². The zero-order chi connectivity index (χ0) is 25.4. The fourth-order valence-electron chi connectivity index (χ4n) is 5.19. The minimum Gasteiger partial charge on any atom is -0.492 e. The standard InChI is InChI=1S/C29H27F3O4/c1-17-3-5-18(6-4-17)13-24-22-10-12-26(23(22)9-11-25(24)29(30,31)32)36-20-7-8-21-19(14-28(33)34-2)16-35-27(21)15-20/h3-9,11,15,19,26H,10,12-14,16H2,1-2H3/t19-,26-/m1/s1. The lowest BCUT2D eigenvalue weighted by molar-refractivity contribution is -0.141. The summed E-state index contributed by atoms with van der Waals surface area (Å²) >= 11 is 0. The van der Waals surface area contributed by atoms with Crippen molar-refractivity contribution >= 4 is 5.97 Å². The molecule has 5 rings (SSSR count). The molecule has 0 unspecified atom stereocenters. The average Bonchev–Trinajstić information content (AvgIpc) is 3.44. The zero-order valence-electron chi connectivity index (χ0n) is 20.2. The highest BCUT2D eigenvalue weighted by atomic mass is 19.4. The number of esters is 1. The van der Waals surface area contributed by atoms with E-state index in [1.807, 2.05) is 43.3 Å². The van der Waals surface area contributed by atoms with Crippen LogP contribution < -0.4 is 9.47 Å². The molecule has 0 saturated heterocycles. The van der Waals surface area contributed by atoms with Crippen LogP contribution in [0.4, 0.5) is 13.2 Å². The molecule has 3 aromatic rings. The van der Waals surface area contributed by atoms with Crippen LogP contribution in [0.3, 0.4) is 0 Å². The molecule has 7 heteroatoms. The normalized spacial score (nSPS) is 18.4. The van der Waals surface area contributed by atoms with E-state index in [0.717, 1.165) is 27.8 Å². The maximum atomic E-state index is 13.9. The van der Waals surface area contributed by atoms with E-state index in [0.29, 0.717) is 36.5 Å². The van der Waals surface area contributed by atoms with E-state index in [-0.39, 0.29) is 30.8 Å². The molecule has 3 aromatic carbocycles. The number of halogens is 3. The van der Waals surface area contributed by atoms with E-state index in [4.69, 9.17) is 14.2 Å². The Balaban J connectivity index is 1.41. The lowest BCUT2D eigenvalue weighted by atomic mass is 9.91. The number of carbonyl (C=O) groups is 1. The van der Waals surface area contributed by atoms with Gasteiger partial charge in [0, 0.05) is 17.5 Å². The molecule has 2 aliphatic rings. The van der Waals surface area contributed by atoms with Crippen molar-refractivity contribution in [2.24, 2.45) is 0 Å². The summed E-state index contributed by atoms with van der Waals surface area (Å²) in [6.45, 7) is 2.35. The summed E-state index contributed by atoms with van der Waals surface area (Å²) in [7, 11) is 1.36. The summed E-state index contributed by atoms with van der Waals surface area (Å²) < 4.78 is 58.5. The Kier molecular flexibility index (Phi) is 6.41. The van der Waals surface area contributed by atoms with Gasteiger partial charge in [-0.1, -0.05) is 42.0 Å². The smallest absolute Gasteiger partial charge is 0.416 e. The first-order valence-electron chi connectivity index (χ1n) is 12.0. The van der Waals surface area contributed by atoms with Crippen LogP contribution in [-0.2, 0) is 28.5 Å². The van der Waals surface area contributed by atoms with Gasteiger partial charge in [0.15, 0.2) is 0 Å². The van der Waals surface area contributed by atoms with Crippen molar-refractivity contribution in [1.82, 2.24) is 0 Å². The molecule has 0 aromatic heterocycles. The van der Waals surface area contributed by atoms with Gasteiger partial charge in [0.1, 0.15) is 17.6 Å². The van der Waals surface area contributed by atoms with Crippen molar-refractivity contribution in [3.8, 4) is 11.5 Å². The fraction of sp³-hybridized carbons (Fsp3) is 0.345. The second-order valence-corrected chi connectivity index (χ2v) is 9.45. The molecule has 188 valence electrons. The zero-order valence-corrected chi connectivity index (χ0v) is 20.2. The Morgan fingerprint density at radius 2 is 1.81 bits per heavy atom. The van der Waals surface area contributed by atoms with Crippen LogP contribution in [-0.4, -0.2) is 19.7 Å². The Morgan fingerprint density at radius 1 is 1.06 bits per heavy atom. The first kappa shape index (κ1) is 24.2. The summed E-state index contributed by atoms with van der Waals surface area (Å²) in [6.07, 6.45) is -3.19. The predicted octanol–water partition coefficient (Wildman–Crippen LogP) is 6.71. The van der Waals surface area contributed by atoms with Crippen LogP contribution in [0, 0.1) is 6.92 Å². The summed E-state index contributed by atoms with van der Waals surface area (Å²) in [4.78, 5) is 11.7. The molecule has 0 spiro atoms. The molecular formula is C29H27F3O4. The Hall–Kier alpha value is -3.48. The number of aryl methyl sites for hydroxylation is 1. The fourth-order valence-corrected chi connectivity index (χ4v) is 5.19. The maximum Gasteiger partial charge on any atom is 0.416 e. The van der Waals surface area contributed by atoms with Gasteiger partial charge >= 0.3 is 12.1 Å². The molecule has 0 N–H and O–H groups in total. The SMILES string of the molecule is COC(=O)C[C@@H]1COc2cc(O[C@@H]3CCc4c3ccc(C(F)(F)F)c4Cc3ccc(C)cc3)ccc21.